The van der Waals surface area contributed by atoms with E-state index in [2.05, 4.69) is 4.90 Å². The molecule has 0 saturated heterocycles. The Bertz CT molecular complexity index is 859. The van der Waals surface area contributed by atoms with Gasteiger partial charge >= 0.3 is 11.9 Å². The predicted octanol–water partition coefficient (Wildman–Crippen LogP) is 4.29. The van der Waals surface area contributed by atoms with Gasteiger partial charge in [-0.25, -0.2) is 9.59 Å². The van der Waals surface area contributed by atoms with Crippen LogP contribution in [0.4, 0.5) is 5.69 Å². The molecule has 0 saturated carbocycles. The van der Waals surface area contributed by atoms with Gasteiger partial charge < -0.3 is 15.1 Å². The number of aromatic carboxylic acids is 2. The average Bonchev–Trinajstić information content (AvgIpc) is 2.69. The maximum absolute atomic E-state index is 11.0. The quantitative estimate of drug-likeness (QED) is 0.656. The molecule has 3 rings (SSSR count). The first-order valence-electron chi connectivity index (χ1n) is 8.47. The number of nitrogens with zero attached hydrogens (tertiary/aromatic N) is 1. The van der Waals surface area contributed by atoms with Gasteiger partial charge in [0.05, 0.1) is 11.1 Å². The average molecular weight is 361 g/mol. The lowest BCUT2D eigenvalue weighted by molar-refractivity contribution is 0.0686. The van der Waals surface area contributed by atoms with Crippen molar-refractivity contribution in [2.45, 2.75) is 13.1 Å². The van der Waals surface area contributed by atoms with Crippen LogP contribution in [0.5, 0.6) is 0 Å². The fourth-order valence-corrected chi connectivity index (χ4v) is 2.82. The number of carbonyl (C=O) groups is 2. The zero-order valence-electron chi connectivity index (χ0n) is 14.6. The van der Waals surface area contributed by atoms with Crippen LogP contribution in [-0.2, 0) is 13.1 Å². The minimum Gasteiger partial charge on any atom is -0.478 e. The minimum absolute atomic E-state index is 0.259. The highest BCUT2D eigenvalue weighted by Crippen LogP contribution is 2.20. The van der Waals surface area contributed by atoms with Crippen LogP contribution in [0, 0.1) is 0 Å². The lowest BCUT2D eigenvalue weighted by atomic mass is 10.1. The second-order valence-electron chi connectivity index (χ2n) is 6.20. The molecule has 3 aromatic carbocycles. The molecule has 0 radical (unpaired) electrons. The fourth-order valence-electron chi connectivity index (χ4n) is 2.82. The number of para-hydroxylation sites is 1. The third-order valence-corrected chi connectivity index (χ3v) is 4.27. The summed E-state index contributed by atoms with van der Waals surface area (Å²) in [7, 11) is 0. The molecule has 0 atom stereocenters. The molecule has 5 heteroatoms. The summed E-state index contributed by atoms with van der Waals surface area (Å²) < 4.78 is 0. The van der Waals surface area contributed by atoms with Crippen molar-refractivity contribution in [3.63, 3.8) is 0 Å². The van der Waals surface area contributed by atoms with Gasteiger partial charge in [-0.2, -0.15) is 0 Å². The van der Waals surface area contributed by atoms with Crippen molar-refractivity contribution < 1.29 is 19.8 Å². The largest absolute Gasteiger partial charge is 0.478 e. The SMILES string of the molecule is O=C(O)c1ccc(CN(Cc2ccc(C(=O)O)cc2)c2ccccc2)cc1. The molecule has 0 aliphatic rings. The Hall–Kier alpha value is -3.60. The van der Waals surface area contributed by atoms with Crippen LogP contribution in [0.1, 0.15) is 31.8 Å². The van der Waals surface area contributed by atoms with E-state index < -0.39 is 11.9 Å². The van der Waals surface area contributed by atoms with E-state index in [0.29, 0.717) is 13.1 Å². The van der Waals surface area contributed by atoms with Gasteiger partial charge in [0.25, 0.3) is 0 Å². The molecule has 136 valence electrons. The summed E-state index contributed by atoms with van der Waals surface area (Å²) in [4.78, 5) is 24.2. The molecule has 0 aromatic heterocycles. The Morgan fingerprint density at radius 2 is 1.04 bits per heavy atom. The lowest BCUT2D eigenvalue weighted by Gasteiger charge is -2.25. The molecule has 0 fully saturated rings. The van der Waals surface area contributed by atoms with Crippen molar-refractivity contribution in [2.24, 2.45) is 0 Å². The third-order valence-electron chi connectivity index (χ3n) is 4.27. The van der Waals surface area contributed by atoms with Crippen molar-refractivity contribution in [3.8, 4) is 0 Å². The van der Waals surface area contributed by atoms with Gasteiger partial charge in [-0.15, -0.1) is 0 Å². The Balaban J connectivity index is 1.83. The molecular formula is C22H19NO4. The lowest BCUT2D eigenvalue weighted by Crippen LogP contribution is -2.22. The zero-order chi connectivity index (χ0) is 19.2. The van der Waals surface area contributed by atoms with E-state index in [0.717, 1.165) is 16.8 Å². The summed E-state index contributed by atoms with van der Waals surface area (Å²) in [5, 5.41) is 18.1. The van der Waals surface area contributed by atoms with Gasteiger partial charge in [0.2, 0.25) is 0 Å². The van der Waals surface area contributed by atoms with Crippen LogP contribution in [0.25, 0.3) is 0 Å². The van der Waals surface area contributed by atoms with Gasteiger partial charge in [0, 0.05) is 18.8 Å². The van der Waals surface area contributed by atoms with Crippen LogP contribution < -0.4 is 4.90 Å². The van der Waals surface area contributed by atoms with E-state index >= 15 is 0 Å². The van der Waals surface area contributed by atoms with E-state index in [9.17, 15) is 9.59 Å². The summed E-state index contributed by atoms with van der Waals surface area (Å²) >= 11 is 0. The Labute approximate surface area is 157 Å². The fraction of sp³-hybridized carbons (Fsp3) is 0.0909. The second-order valence-corrected chi connectivity index (χ2v) is 6.20. The maximum Gasteiger partial charge on any atom is 0.335 e. The van der Waals surface area contributed by atoms with E-state index in [1.165, 1.54) is 0 Å². The molecule has 0 amide bonds. The number of carboxylic acids is 2. The molecule has 0 unspecified atom stereocenters. The molecule has 0 aliphatic carbocycles. The van der Waals surface area contributed by atoms with Gasteiger partial charge in [-0.05, 0) is 47.5 Å². The molecular weight excluding hydrogens is 342 g/mol. The number of hydrogen-bond acceptors (Lipinski definition) is 3. The summed E-state index contributed by atoms with van der Waals surface area (Å²) in [6.45, 7) is 1.20. The molecule has 0 spiro atoms. The van der Waals surface area contributed by atoms with Crippen LogP contribution in [-0.4, -0.2) is 22.2 Å². The molecule has 5 nitrogen and oxygen atoms in total. The number of anilines is 1. The van der Waals surface area contributed by atoms with E-state index in [1.54, 1.807) is 24.3 Å². The van der Waals surface area contributed by atoms with Gasteiger partial charge in [0.15, 0.2) is 0 Å². The Morgan fingerprint density at radius 3 is 1.41 bits per heavy atom. The van der Waals surface area contributed by atoms with Crippen molar-refractivity contribution in [1.82, 2.24) is 0 Å². The molecule has 27 heavy (non-hydrogen) atoms. The first kappa shape index (κ1) is 18.2. The van der Waals surface area contributed by atoms with Crippen molar-refractivity contribution >= 4 is 17.6 Å². The number of hydrogen-bond donors (Lipinski definition) is 2. The van der Waals surface area contributed by atoms with E-state index in [1.807, 2.05) is 54.6 Å². The smallest absolute Gasteiger partial charge is 0.335 e. The van der Waals surface area contributed by atoms with Crippen LogP contribution in [0.2, 0.25) is 0 Å². The summed E-state index contributed by atoms with van der Waals surface area (Å²) in [5.41, 5.74) is 3.53. The molecule has 3 aromatic rings. The van der Waals surface area contributed by atoms with Crippen LogP contribution >= 0.6 is 0 Å². The minimum atomic E-state index is -0.944. The van der Waals surface area contributed by atoms with E-state index in [4.69, 9.17) is 10.2 Å². The number of carboxylic acid groups (broad SMARTS) is 2. The van der Waals surface area contributed by atoms with Crippen molar-refractivity contribution in [3.05, 3.63) is 101 Å². The highest BCUT2D eigenvalue weighted by Gasteiger charge is 2.10. The van der Waals surface area contributed by atoms with Gasteiger partial charge in [-0.3, -0.25) is 0 Å². The molecule has 0 heterocycles. The summed E-state index contributed by atoms with van der Waals surface area (Å²) in [6, 6.07) is 23.5. The standard InChI is InChI=1S/C22H19NO4/c24-21(25)18-10-6-16(7-11-18)14-23(20-4-2-1-3-5-20)15-17-8-12-19(13-9-17)22(26)27/h1-13H,14-15H2,(H,24,25)(H,26,27). The molecule has 2 N–H and O–H groups in total. The monoisotopic (exact) mass is 361 g/mol. The molecule has 0 aliphatic heterocycles. The highest BCUT2D eigenvalue weighted by molar-refractivity contribution is 5.88. The first-order valence-corrected chi connectivity index (χ1v) is 8.47. The number of rotatable bonds is 7. The maximum atomic E-state index is 11.0. The van der Waals surface area contributed by atoms with Crippen LogP contribution in [0.15, 0.2) is 78.9 Å². The summed E-state index contributed by atoms with van der Waals surface area (Å²) in [5.74, 6) is -1.89. The van der Waals surface area contributed by atoms with Crippen molar-refractivity contribution in [2.75, 3.05) is 4.90 Å². The topological polar surface area (TPSA) is 77.8 Å². The van der Waals surface area contributed by atoms with Crippen LogP contribution in [0.3, 0.4) is 0 Å². The Morgan fingerprint density at radius 1 is 0.630 bits per heavy atom. The van der Waals surface area contributed by atoms with E-state index in [-0.39, 0.29) is 11.1 Å². The zero-order valence-corrected chi connectivity index (χ0v) is 14.6. The first-order chi connectivity index (χ1) is 13.0. The highest BCUT2D eigenvalue weighted by atomic mass is 16.4. The summed E-state index contributed by atoms with van der Waals surface area (Å²) in [6.07, 6.45) is 0. The predicted molar refractivity (Wildman–Crippen MR) is 103 cm³/mol. The Kier molecular flexibility index (Phi) is 5.52. The van der Waals surface area contributed by atoms with Gasteiger partial charge in [0.1, 0.15) is 0 Å². The van der Waals surface area contributed by atoms with Gasteiger partial charge in [-0.1, -0.05) is 42.5 Å². The normalized spacial score (nSPS) is 10.4. The second kappa shape index (κ2) is 8.19. The molecule has 0 bridgehead atoms. The third kappa shape index (κ3) is 4.73. The number of benzene rings is 3. The van der Waals surface area contributed by atoms with Crippen molar-refractivity contribution in [1.29, 1.82) is 0 Å².